The quantitative estimate of drug-likeness (QED) is 0.689. The van der Waals surface area contributed by atoms with Crippen molar-refractivity contribution in [2.75, 3.05) is 0 Å². The predicted octanol–water partition coefficient (Wildman–Crippen LogP) is 1.54. The lowest BCUT2D eigenvalue weighted by atomic mass is 10.3. The van der Waals surface area contributed by atoms with Gasteiger partial charge in [-0.2, -0.15) is 0 Å². The fourth-order valence-corrected chi connectivity index (χ4v) is 1.48. The molecule has 2 rings (SSSR count). The van der Waals surface area contributed by atoms with Crippen LogP contribution in [-0.4, -0.2) is 21.6 Å². The molecule has 0 amide bonds. The van der Waals surface area contributed by atoms with E-state index in [-0.39, 0.29) is 12.1 Å². The molecule has 1 aliphatic rings. The van der Waals surface area contributed by atoms with Crippen LogP contribution in [0.3, 0.4) is 0 Å². The highest BCUT2D eigenvalue weighted by Gasteiger charge is 2.26. The number of imidazole rings is 1. The number of nitrogens with zero attached hydrogens (tertiary/aromatic N) is 2. The minimum absolute atomic E-state index is 0.146. The number of ether oxygens (including phenoxy) is 1. The summed E-state index contributed by atoms with van der Waals surface area (Å²) in [5, 5.41) is 0. The van der Waals surface area contributed by atoms with Gasteiger partial charge in [0, 0.05) is 18.8 Å². The zero-order valence-electron chi connectivity index (χ0n) is 8.98. The van der Waals surface area contributed by atoms with Crippen molar-refractivity contribution in [1.82, 2.24) is 9.55 Å². The molecule has 1 aromatic heterocycles. The zero-order chi connectivity index (χ0) is 10.7. The van der Waals surface area contributed by atoms with E-state index >= 15 is 0 Å². The van der Waals surface area contributed by atoms with Crippen LogP contribution < -0.4 is 0 Å². The average molecular weight is 208 g/mol. The highest BCUT2D eigenvalue weighted by molar-refractivity contribution is 5.69. The summed E-state index contributed by atoms with van der Waals surface area (Å²) >= 11 is 0. The summed E-state index contributed by atoms with van der Waals surface area (Å²) in [5.41, 5.74) is 0. The van der Waals surface area contributed by atoms with Gasteiger partial charge in [-0.1, -0.05) is 6.92 Å². The summed E-state index contributed by atoms with van der Waals surface area (Å²) in [5.74, 6) is 0.818. The molecular formula is C11H16N2O2. The van der Waals surface area contributed by atoms with E-state index in [2.05, 4.69) is 11.9 Å². The Kier molecular flexibility index (Phi) is 3.04. The van der Waals surface area contributed by atoms with E-state index in [0.717, 1.165) is 31.5 Å². The van der Waals surface area contributed by atoms with Gasteiger partial charge in [0.1, 0.15) is 18.5 Å². The van der Waals surface area contributed by atoms with E-state index in [0.29, 0.717) is 6.54 Å². The Morgan fingerprint density at radius 1 is 1.67 bits per heavy atom. The van der Waals surface area contributed by atoms with Crippen LogP contribution in [0.15, 0.2) is 12.4 Å². The summed E-state index contributed by atoms with van der Waals surface area (Å²) < 4.78 is 7.05. The van der Waals surface area contributed by atoms with Gasteiger partial charge >= 0.3 is 5.97 Å². The molecule has 4 heteroatoms. The molecule has 1 aromatic rings. The third-order valence-electron chi connectivity index (χ3n) is 2.40. The first-order chi connectivity index (χ1) is 7.29. The number of carbonyl (C=O) groups excluding carboxylic acids is 1. The van der Waals surface area contributed by atoms with Gasteiger partial charge in [0.05, 0.1) is 0 Å². The summed E-state index contributed by atoms with van der Waals surface area (Å²) in [6.45, 7) is 2.40. The lowest BCUT2D eigenvalue weighted by Crippen LogP contribution is -2.16. The van der Waals surface area contributed by atoms with Crippen molar-refractivity contribution < 1.29 is 9.53 Å². The number of carbonyl (C=O) groups is 1. The molecule has 15 heavy (non-hydrogen) atoms. The average Bonchev–Trinajstić information content (AvgIpc) is 2.90. The Hall–Kier alpha value is -1.32. The van der Waals surface area contributed by atoms with Crippen molar-refractivity contribution in [2.45, 2.75) is 45.3 Å². The van der Waals surface area contributed by atoms with E-state index in [4.69, 9.17) is 4.74 Å². The molecule has 0 saturated heterocycles. The molecule has 4 nitrogen and oxygen atoms in total. The van der Waals surface area contributed by atoms with Crippen molar-refractivity contribution in [2.24, 2.45) is 0 Å². The second-order valence-corrected chi connectivity index (χ2v) is 3.91. The Balaban J connectivity index is 1.90. The fraction of sp³-hybridized carbons (Fsp3) is 0.636. The van der Waals surface area contributed by atoms with Crippen molar-refractivity contribution in [3.8, 4) is 0 Å². The number of aryl methyl sites for hydroxylation is 1. The third kappa shape index (κ3) is 2.81. The smallest absolute Gasteiger partial charge is 0.326 e. The molecule has 1 aliphatic carbocycles. The Bertz CT molecular complexity index is 342. The SMILES string of the molecule is CCCc1nccn1CC(=O)OC1CC1. The number of aromatic nitrogens is 2. The summed E-state index contributed by atoms with van der Waals surface area (Å²) in [6.07, 6.45) is 7.75. The largest absolute Gasteiger partial charge is 0.461 e. The number of hydrogen-bond donors (Lipinski definition) is 0. The fourth-order valence-electron chi connectivity index (χ4n) is 1.48. The topological polar surface area (TPSA) is 44.1 Å². The van der Waals surface area contributed by atoms with E-state index in [1.807, 2.05) is 10.8 Å². The molecule has 0 unspecified atom stereocenters. The Morgan fingerprint density at radius 2 is 2.47 bits per heavy atom. The molecule has 1 saturated carbocycles. The van der Waals surface area contributed by atoms with Crippen LogP contribution in [0.2, 0.25) is 0 Å². The first kappa shape index (κ1) is 10.2. The second kappa shape index (κ2) is 4.47. The standard InChI is InChI=1S/C11H16N2O2/c1-2-3-10-12-6-7-13(10)8-11(14)15-9-4-5-9/h6-7,9H,2-5,8H2,1H3. The molecule has 0 aliphatic heterocycles. The molecule has 0 bridgehead atoms. The van der Waals surface area contributed by atoms with Gasteiger partial charge in [0.2, 0.25) is 0 Å². The summed E-state index contributed by atoms with van der Waals surface area (Å²) in [4.78, 5) is 15.7. The first-order valence-corrected chi connectivity index (χ1v) is 5.49. The second-order valence-electron chi connectivity index (χ2n) is 3.91. The minimum Gasteiger partial charge on any atom is -0.461 e. The number of rotatable bonds is 5. The lowest BCUT2D eigenvalue weighted by Gasteiger charge is -2.06. The molecule has 0 spiro atoms. The maximum atomic E-state index is 11.4. The molecule has 0 N–H and O–H groups in total. The van der Waals surface area contributed by atoms with E-state index in [1.54, 1.807) is 6.20 Å². The highest BCUT2D eigenvalue weighted by atomic mass is 16.5. The molecule has 1 heterocycles. The minimum atomic E-state index is -0.146. The van der Waals surface area contributed by atoms with Crippen LogP contribution in [-0.2, 0) is 22.5 Å². The summed E-state index contributed by atoms with van der Waals surface area (Å²) in [7, 11) is 0. The Morgan fingerprint density at radius 3 is 3.13 bits per heavy atom. The molecule has 1 fully saturated rings. The number of hydrogen-bond acceptors (Lipinski definition) is 3. The van der Waals surface area contributed by atoms with Gasteiger partial charge in [-0.25, -0.2) is 4.98 Å². The van der Waals surface area contributed by atoms with Gasteiger partial charge in [0.15, 0.2) is 0 Å². The van der Waals surface area contributed by atoms with Crippen molar-refractivity contribution in [1.29, 1.82) is 0 Å². The maximum Gasteiger partial charge on any atom is 0.326 e. The summed E-state index contributed by atoms with van der Waals surface area (Å²) in [6, 6.07) is 0. The van der Waals surface area contributed by atoms with Crippen LogP contribution in [0.4, 0.5) is 0 Å². The van der Waals surface area contributed by atoms with Crippen LogP contribution in [0.1, 0.15) is 32.0 Å². The number of esters is 1. The van der Waals surface area contributed by atoms with Gasteiger partial charge in [0.25, 0.3) is 0 Å². The van der Waals surface area contributed by atoms with Crippen molar-refractivity contribution in [3.05, 3.63) is 18.2 Å². The van der Waals surface area contributed by atoms with Crippen LogP contribution in [0.25, 0.3) is 0 Å². The van der Waals surface area contributed by atoms with Crippen molar-refractivity contribution in [3.63, 3.8) is 0 Å². The Labute approximate surface area is 89.3 Å². The normalized spacial score (nSPS) is 15.3. The third-order valence-corrected chi connectivity index (χ3v) is 2.40. The van der Waals surface area contributed by atoms with Crippen molar-refractivity contribution >= 4 is 5.97 Å². The van der Waals surface area contributed by atoms with Crippen LogP contribution in [0, 0.1) is 0 Å². The highest BCUT2D eigenvalue weighted by Crippen LogP contribution is 2.23. The maximum absolute atomic E-state index is 11.4. The molecule has 0 radical (unpaired) electrons. The first-order valence-electron chi connectivity index (χ1n) is 5.49. The molecule has 0 aromatic carbocycles. The van der Waals surface area contributed by atoms with Crippen LogP contribution in [0.5, 0.6) is 0 Å². The van der Waals surface area contributed by atoms with E-state index < -0.39 is 0 Å². The van der Waals surface area contributed by atoms with Gasteiger partial charge in [-0.3, -0.25) is 4.79 Å². The molecule has 82 valence electrons. The molecule has 0 atom stereocenters. The zero-order valence-corrected chi connectivity index (χ0v) is 8.98. The van der Waals surface area contributed by atoms with Gasteiger partial charge < -0.3 is 9.30 Å². The van der Waals surface area contributed by atoms with E-state index in [1.165, 1.54) is 0 Å². The van der Waals surface area contributed by atoms with Gasteiger partial charge in [-0.05, 0) is 19.3 Å². The molecular weight excluding hydrogens is 192 g/mol. The van der Waals surface area contributed by atoms with Gasteiger partial charge in [-0.15, -0.1) is 0 Å². The van der Waals surface area contributed by atoms with Crippen LogP contribution >= 0.6 is 0 Å². The lowest BCUT2D eigenvalue weighted by molar-refractivity contribution is -0.145. The predicted molar refractivity (Wildman–Crippen MR) is 55.3 cm³/mol. The van der Waals surface area contributed by atoms with E-state index in [9.17, 15) is 4.79 Å². The monoisotopic (exact) mass is 208 g/mol.